The van der Waals surface area contributed by atoms with E-state index in [1.54, 1.807) is 11.1 Å². The normalized spacial score (nSPS) is 14.8. The van der Waals surface area contributed by atoms with E-state index in [0.717, 1.165) is 0 Å². The summed E-state index contributed by atoms with van der Waals surface area (Å²) in [5.74, 6) is 0. The summed E-state index contributed by atoms with van der Waals surface area (Å²) in [5.41, 5.74) is 3.12. The molecule has 1 aliphatic carbocycles. The maximum absolute atomic E-state index is 2.29. The van der Waals surface area contributed by atoms with E-state index in [9.17, 15) is 0 Å². The second-order valence-electron chi connectivity index (χ2n) is 3.40. The van der Waals surface area contributed by atoms with Crippen LogP contribution in [0.2, 0.25) is 0 Å². The Morgan fingerprint density at radius 3 is 1.92 bits per heavy atom. The lowest BCUT2D eigenvalue weighted by atomic mass is 10.1. The first-order valence-electron chi connectivity index (χ1n) is 4.58. The predicted molar refractivity (Wildman–Crippen MR) is 59.7 cm³/mol. The smallest absolute Gasteiger partial charge is 0.0477 e. The average Bonchev–Trinajstić information content (AvgIpc) is 2.72. The first-order chi connectivity index (χ1) is 6.45. The molecule has 0 unspecified atom stereocenters. The number of hydrogen-bond donors (Lipinski definition) is 0. The first-order valence-corrected chi connectivity index (χ1v) is 6.34. The monoisotopic (exact) mass is 206 g/mol. The van der Waals surface area contributed by atoms with Crippen LogP contribution in [0.25, 0.3) is 9.75 Å². The first kappa shape index (κ1) is 7.77. The molecule has 0 amide bonds. The molecular weight excluding hydrogens is 196 g/mol. The van der Waals surface area contributed by atoms with Crippen molar-refractivity contribution < 1.29 is 0 Å². The van der Waals surface area contributed by atoms with Gasteiger partial charge in [0.05, 0.1) is 0 Å². The van der Waals surface area contributed by atoms with E-state index in [4.69, 9.17) is 0 Å². The maximum Gasteiger partial charge on any atom is 0.0477 e. The van der Waals surface area contributed by atoms with E-state index < -0.39 is 0 Å². The quantitative estimate of drug-likeness (QED) is 0.612. The van der Waals surface area contributed by atoms with Crippen LogP contribution in [0.15, 0.2) is 22.9 Å². The molecule has 3 rings (SSSR count). The van der Waals surface area contributed by atoms with Crippen LogP contribution in [0.5, 0.6) is 0 Å². The zero-order chi connectivity index (χ0) is 8.67. The SMILES string of the molecule is c1cc2c(s1)-c1sccc1CCC2. The zero-order valence-electron chi connectivity index (χ0n) is 7.25. The van der Waals surface area contributed by atoms with Gasteiger partial charge in [-0.25, -0.2) is 0 Å². The topological polar surface area (TPSA) is 0 Å². The third-order valence-corrected chi connectivity index (χ3v) is 4.67. The van der Waals surface area contributed by atoms with Crippen molar-refractivity contribution >= 4 is 22.7 Å². The van der Waals surface area contributed by atoms with Crippen molar-refractivity contribution in [2.24, 2.45) is 0 Å². The number of hydrogen-bond acceptors (Lipinski definition) is 2. The molecule has 0 fully saturated rings. The minimum Gasteiger partial charge on any atom is -0.143 e. The molecule has 1 aliphatic rings. The molecule has 0 saturated heterocycles. The number of thiophene rings is 2. The molecule has 0 radical (unpaired) electrons. The number of aryl methyl sites for hydroxylation is 2. The van der Waals surface area contributed by atoms with Gasteiger partial charge in [-0.3, -0.25) is 0 Å². The minimum absolute atomic E-state index is 1.26. The number of rotatable bonds is 0. The second kappa shape index (κ2) is 2.96. The Morgan fingerprint density at radius 2 is 1.38 bits per heavy atom. The van der Waals surface area contributed by atoms with Crippen LogP contribution in [0.4, 0.5) is 0 Å². The summed E-state index contributed by atoms with van der Waals surface area (Å²) in [6, 6.07) is 4.57. The van der Waals surface area contributed by atoms with Gasteiger partial charge >= 0.3 is 0 Å². The molecule has 0 aliphatic heterocycles. The molecule has 2 aromatic heterocycles. The molecule has 0 aromatic carbocycles. The van der Waals surface area contributed by atoms with E-state index in [0.29, 0.717) is 0 Å². The third kappa shape index (κ3) is 1.17. The van der Waals surface area contributed by atoms with Gasteiger partial charge in [0, 0.05) is 9.75 Å². The van der Waals surface area contributed by atoms with Gasteiger partial charge in [-0.05, 0) is 53.3 Å². The Morgan fingerprint density at radius 1 is 0.846 bits per heavy atom. The second-order valence-corrected chi connectivity index (χ2v) is 5.24. The molecule has 0 N–H and O–H groups in total. The summed E-state index contributed by atoms with van der Waals surface area (Å²) in [6.07, 6.45) is 3.84. The van der Waals surface area contributed by atoms with E-state index in [1.807, 2.05) is 22.7 Å². The van der Waals surface area contributed by atoms with Gasteiger partial charge < -0.3 is 0 Å². The fraction of sp³-hybridized carbons (Fsp3) is 0.273. The molecule has 66 valence electrons. The standard InChI is InChI=1S/C11H10S2/c1-2-8-4-6-12-10(8)11-9(3-1)5-7-13-11/h4-7H,1-3H2. The van der Waals surface area contributed by atoms with Crippen LogP contribution in [-0.4, -0.2) is 0 Å². The Bertz CT molecular complexity index is 382. The Balaban J connectivity index is 2.27. The number of fused-ring (bicyclic) bond motifs is 3. The fourth-order valence-electron chi connectivity index (χ4n) is 1.93. The highest BCUT2D eigenvalue weighted by Crippen LogP contribution is 2.39. The molecular formula is C11H10S2. The lowest BCUT2D eigenvalue weighted by molar-refractivity contribution is 0.837. The van der Waals surface area contributed by atoms with Gasteiger partial charge in [0.15, 0.2) is 0 Å². The molecule has 0 saturated carbocycles. The van der Waals surface area contributed by atoms with Gasteiger partial charge in [0.25, 0.3) is 0 Å². The minimum atomic E-state index is 1.26. The van der Waals surface area contributed by atoms with Crippen LogP contribution < -0.4 is 0 Å². The molecule has 0 atom stereocenters. The molecule has 2 heteroatoms. The summed E-state index contributed by atoms with van der Waals surface area (Å²) < 4.78 is 0. The van der Waals surface area contributed by atoms with E-state index >= 15 is 0 Å². The summed E-state index contributed by atoms with van der Waals surface area (Å²) in [6.45, 7) is 0. The largest absolute Gasteiger partial charge is 0.143 e. The molecule has 0 nitrogen and oxygen atoms in total. The summed E-state index contributed by atoms with van der Waals surface area (Å²) in [5, 5.41) is 4.44. The fourth-order valence-corrected chi connectivity index (χ4v) is 4.08. The van der Waals surface area contributed by atoms with E-state index in [1.165, 1.54) is 29.0 Å². The molecule has 0 bridgehead atoms. The zero-order valence-corrected chi connectivity index (χ0v) is 8.88. The van der Waals surface area contributed by atoms with Gasteiger partial charge in [0.1, 0.15) is 0 Å². The highest BCUT2D eigenvalue weighted by atomic mass is 32.1. The van der Waals surface area contributed by atoms with Gasteiger partial charge in [-0.15, -0.1) is 22.7 Å². The van der Waals surface area contributed by atoms with Crippen molar-refractivity contribution in [3.63, 3.8) is 0 Å². The third-order valence-electron chi connectivity index (χ3n) is 2.59. The molecule has 2 heterocycles. The maximum atomic E-state index is 2.29. The predicted octanol–water partition coefficient (Wildman–Crippen LogP) is 3.97. The van der Waals surface area contributed by atoms with Crippen molar-refractivity contribution in [3.05, 3.63) is 34.0 Å². The van der Waals surface area contributed by atoms with Crippen LogP contribution in [0.1, 0.15) is 17.5 Å². The van der Waals surface area contributed by atoms with Crippen LogP contribution in [0, 0.1) is 0 Å². The van der Waals surface area contributed by atoms with Crippen molar-refractivity contribution in [2.75, 3.05) is 0 Å². The summed E-state index contributed by atoms with van der Waals surface area (Å²) in [4.78, 5) is 3.06. The molecule has 13 heavy (non-hydrogen) atoms. The molecule has 2 aromatic rings. The van der Waals surface area contributed by atoms with Crippen LogP contribution >= 0.6 is 22.7 Å². The summed E-state index contributed by atoms with van der Waals surface area (Å²) in [7, 11) is 0. The summed E-state index contributed by atoms with van der Waals surface area (Å²) >= 11 is 3.79. The van der Waals surface area contributed by atoms with Crippen LogP contribution in [0.3, 0.4) is 0 Å². The van der Waals surface area contributed by atoms with Gasteiger partial charge in [-0.1, -0.05) is 0 Å². The van der Waals surface area contributed by atoms with Crippen LogP contribution in [-0.2, 0) is 12.8 Å². The highest BCUT2D eigenvalue weighted by Gasteiger charge is 2.15. The highest BCUT2D eigenvalue weighted by molar-refractivity contribution is 7.20. The lowest BCUT2D eigenvalue weighted by Gasteiger charge is -1.96. The van der Waals surface area contributed by atoms with E-state index in [-0.39, 0.29) is 0 Å². The van der Waals surface area contributed by atoms with Gasteiger partial charge in [-0.2, -0.15) is 0 Å². The Labute approximate surface area is 85.9 Å². The van der Waals surface area contributed by atoms with Crippen molar-refractivity contribution in [1.29, 1.82) is 0 Å². The van der Waals surface area contributed by atoms with Crippen molar-refractivity contribution in [1.82, 2.24) is 0 Å². The lowest BCUT2D eigenvalue weighted by Crippen LogP contribution is -1.82. The average molecular weight is 206 g/mol. The Kier molecular flexibility index (Phi) is 1.77. The van der Waals surface area contributed by atoms with Crippen molar-refractivity contribution in [3.8, 4) is 9.75 Å². The molecule has 0 spiro atoms. The van der Waals surface area contributed by atoms with E-state index in [2.05, 4.69) is 22.9 Å². The Hall–Kier alpha value is -0.600. The van der Waals surface area contributed by atoms with Crippen molar-refractivity contribution in [2.45, 2.75) is 19.3 Å². The van der Waals surface area contributed by atoms with Gasteiger partial charge in [0.2, 0.25) is 0 Å².